The summed E-state index contributed by atoms with van der Waals surface area (Å²) in [5.74, 6) is -0.472. The third kappa shape index (κ3) is 4.14. The number of hydrogen-bond donors (Lipinski definition) is 0. The van der Waals surface area contributed by atoms with Crippen LogP contribution in [0.1, 0.15) is 30.0 Å². The Kier molecular flexibility index (Phi) is 6.62. The fourth-order valence-corrected chi connectivity index (χ4v) is 4.59. The van der Waals surface area contributed by atoms with Crippen LogP contribution in [0.15, 0.2) is 103 Å². The number of rotatable bonds is 6. The maximum atomic E-state index is 12.7. The average molecular weight is 426 g/mol. The number of hydrogen-bond acceptors (Lipinski definition) is 4. The van der Waals surface area contributed by atoms with E-state index in [1.54, 1.807) is 6.92 Å². The maximum absolute atomic E-state index is 12.7. The lowest BCUT2D eigenvalue weighted by Crippen LogP contribution is -2.52. The molecule has 0 spiro atoms. The molecule has 4 nitrogen and oxygen atoms in total. The predicted molar refractivity (Wildman–Crippen MR) is 125 cm³/mol. The molecular formula is C28H27NO3. The lowest BCUT2D eigenvalue weighted by Gasteiger charge is -2.47. The van der Waals surface area contributed by atoms with E-state index in [9.17, 15) is 9.59 Å². The third-order valence-corrected chi connectivity index (χ3v) is 5.96. The van der Waals surface area contributed by atoms with Gasteiger partial charge in [0.15, 0.2) is 5.78 Å². The Morgan fingerprint density at radius 1 is 0.875 bits per heavy atom. The highest BCUT2D eigenvalue weighted by Gasteiger charge is 2.44. The van der Waals surface area contributed by atoms with Gasteiger partial charge in [0, 0.05) is 31.2 Å². The van der Waals surface area contributed by atoms with E-state index in [0.717, 1.165) is 16.7 Å². The smallest absolute Gasteiger partial charge is 0.331 e. The lowest BCUT2D eigenvalue weighted by atomic mass is 9.74. The number of carbonyl (C=O) groups is 2. The van der Waals surface area contributed by atoms with E-state index in [2.05, 4.69) is 41.3 Å². The van der Waals surface area contributed by atoms with Crippen molar-refractivity contribution in [2.75, 3.05) is 19.7 Å². The van der Waals surface area contributed by atoms with Gasteiger partial charge in [0.05, 0.1) is 12.1 Å². The molecule has 0 saturated carbocycles. The van der Waals surface area contributed by atoms with Gasteiger partial charge in [0.1, 0.15) is 0 Å². The molecule has 3 aromatic rings. The molecule has 32 heavy (non-hydrogen) atoms. The van der Waals surface area contributed by atoms with Gasteiger partial charge in [-0.15, -0.1) is 0 Å². The minimum atomic E-state index is -0.613. The van der Waals surface area contributed by atoms with Gasteiger partial charge in [0.25, 0.3) is 0 Å². The highest BCUT2D eigenvalue weighted by atomic mass is 16.5. The highest BCUT2D eigenvalue weighted by molar-refractivity contribution is 6.01. The molecule has 162 valence electrons. The summed E-state index contributed by atoms with van der Waals surface area (Å²) in [5.41, 5.74) is 3.21. The van der Waals surface area contributed by atoms with E-state index in [1.165, 1.54) is 6.08 Å². The topological polar surface area (TPSA) is 46.6 Å². The summed E-state index contributed by atoms with van der Waals surface area (Å²) in [6, 6.07) is 31.1. The second-order valence-electron chi connectivity index (χ2n) is 7.82. The molecule has 1 fully saturated rings. The van der Waals surface area contributed by atoms with Gasteiger partial charge in [0.2, 0.25) is 0 Å². The zero-order valence-corrected chi connectivity index (χ0v) is 18.2. The predicted octanol–water partition coefficient (Wildman–Crippen LogP) is 4.74. The van der Waals surface area contributed by atoms with Crippen LogP contribution in [0.2, 0.25) is 0 Å². The summed E-state index contributed by atoms with van der Waals surface area (Å²) >= 11 is 0. The zero-order valence-electron chi connectivity index (χ0n) is 18.2. The van der Waals surface area contributed by atoms with Crippen LogP contribution in [0.3, 0.4) is 0 Å². The summed E-state index contributed by atoms with van der Waals surface area (Å²) < 4.78 is 5.08. The van der Waals surface area contributed by atoms with Crippen molar-refractivity contribution in [3.63, 3.8) is 0 Å². The molecule has 1 saturated heterocycles. The number of likely N-dealkylation sites (tertiary alicyclic amines) is 1. The van der Waals surface area contributed by atoms with Crippen LogP contribution in [0.4, 0.5) is 0 Å². The Hall–Kier alpha value is -3.50. The fraction of sp³-hybridized carbons (Fsp3) is 0.214. The third-order valence-electron chi connectivity index (χ3n) is 5.96. The first-order valence-corrected chi connectivity index (χ1v) is 11.0. The fourth-order valence-electron chi connectivity index (χ4n) is 4.59. The van der Waals surface area contributed by atoms with Gasteiger partial charge in [-0.2, -0.15) is 0 Å². The van der Waals surface area contributed by atoms with Crippen molar-refractivity contribution in [1.82, 2.24) is 4.90 Å². The van der Waals surface area contributed by atoms with Gasteiger partial charge in [-0.1, -0.05) is 91.0 Å². The van der Waals surface area contributed by atoms with Crippen LogP contribution >= 0.6 is 0 Å². The molecule has 4 heteroatoms. The number of Topliss-reactive ketones (excluding diaryl/α,β-unsaturated/α-hetero) is 1. The molecule has 0 atom stereocenters. The van der Waals surface area contributed by atoms with Crippen LogP contribution in [0, 0.1) is 0 Å². The maximum Gasteiger partial charge on any atom is 0.331 e. The second kappa shape index (κ2) is 9.75. The molecule has 1 aliphatic heterocycles. The Labute approximate surface area is 189 Å². The van der Waals surface area contributed by atoms with Gasteiger partial charge in [-0.25, -0.2) is 4.79 Å². The molecule has 3 aromatic carbocycles. The van der Waals surface area contributed by atoms with Crippen molar-refractivity contribution < 1.29 is 14.3 Å². The van der Waals surface area contributed by atoms with Crippen LogP contribution in [-0.4, -0.2) is 36.3 Å². The summed E-state index contributed by atoms with van der Waals surface area (Å²) in [4.78, 5) is 27.2. The van der Waals surface area contributed by atoms with Gasteiger partial charge in [-0.05, 0) is 23.6 Å². The molecular weight excluding hydrogens is 398 g/mol. The van der Waals surface area contributed by atoms with Crippen molar-refractivity contribution in [1.29, 1.82) is 0 Å². The van der Waals surface area contributed by atoms with Crippen molar-refractivity contribution in [2.24, 2.45) is 0 Å². The molecule has 0 bridgehead atoms. The average Bonchev–Trinajstić information content (AvgIpc) is 2.84. The number of piperidine rings is 1. The van der Waals surface area contributed by atoms with Crippen LogP contribution < -0.4 is 0 Å². The first-order valence-electron chi connectivity index (χ1n) is 11.0. The number of esters is 1. The van der Waals surface area contributed by atoms with Crippen molar-refractivity contribution in [2.45, 2.75) is 18.9 Å². The molecule has 0 radical (unpaired) electrons. The van der Waals surface area contributed by atoms with Gasteiger partial charge >= 0.3 is 5.97 Å². The quantitative estimate of drug-likeness (QED) is 0.325. The van der Waals surface area contributed by atoms with E-state index >= 15 is 0 Å². The lowest BCUT2D eigenvalue weighted by molar-refractivity contribution is -0.137. The molecule has 0 unspecified atom stereocenters. The normalized spacial score (nSPS) is 16.2. The minimum Gasteiger partial charge on any atom is -0.463 e. The Morgan fingerprint density at radius 2 is 1.34 bits per heavy atom. The van der Waals surface area contributed by atoms with Crippen LogP contribution in [0.25, 0.3) is 0 Å². The number of nitrogens with zero attached hydrogens (tertiary/aromatic N) is 1. The molecule has 0 N–H and O–H groups in total. The molecule has 4 rings (SSSR count). The first-order chi connectivity index (χ1) is 15.7. The van der Waals surface area contributed by atoms with Gasteiger partial charge in [-0.3, -0.25) is 9.69 Å². The Morgan fingerprint density at radius 3 is 1.78 bits per heavy atom. The van der Waals surface area contributed by atoms with Crippen molar-refractivity contribution >= 4 is 11.8 Å². The SMILES string of the molecule is CCOC(=O)/C=C1\CN(C(c2ccccc2)(c2ccccc2)c2ccccc2)CCC1=O. The number of ketones is 1. The minimum absolute atomic E-state index is 0.00242. The number of benzene rings is 3. The highest BCUT2D eigenvalue weighted by Crippen LogP contribution is 2.43. The van der Waals surface area contributed by atoms with Crippen LogP contribution in [0.5, 0.6) is 0 Å². The second-order valence-corrected chi connectivity index (χ2v) is 7.82. The molecule has 0 amide bonds. The molecule has 1 aliphatic rings. The largest absolute Gasteiger partial charge is 0.463 e. The van der Waals surface area contributed by atoms with E-state index in [-0.39, 0.29) is 12.4 Å². The van der Waals surface area contributed by atoms with Gasteiger partial charge < -0.3 is 4.74 Å². The summed E-state index contributed by atoms with van der Waals surface area (Å²) in [6.45, 7) is 2.98. The standard InChI is InChI=1S/C28H27NO3/c1-2-32-27(31)20-22-21-29(19-18-26(22)30)28(23-12-6-3-7-13-23,24-14-8-4-9-15-24)25-16-10-5-11-17-25/h3-17,20H,2,18-19,21H2,1H3/b22-20+. The van der Waals surface area contributed by atoms with Crippen molar-refractivity contribution in [3.8, 4) is 0 Å². The number of carbonyl (C=O) groups excluding carboxylic acids is 2. The molecule has 0 aliphatic carbocycles. The van der Waals surface area contributed by atoms with Crippen molar-refractivity contribution in [3.05, 3.63) is 119 Å². The molecule has 1 heterocycles. The first kappa shape index (κ1) is 21.7. The van der Waals surface area contributed by atoms with E-state index < -0.39 is 11.5 Å². The van der Waals surface area contributed by atoms with E-state index in [1.807, 2.05) is 54.6 Å². The molecule has 0 aromatic heterocycles. The van der Waals surface area contributed by atoms with Crippen LogP contribution in [-0.2, 0) is 19.9 Å². The van der Waals surface area contributed by atoms with E-state index in [0.29, 0.717) is 25.1 Å². The monoisotopic (exact) mass is 425 g/mol. The summed E-state index contributed by atoms with van der Waals surface area (Å²) in [6.07, 6.45) is 1.71. The van der Waals surface area contributed by atoms with E-state index in [4.69, 9.17) is 4.74 Å². The summed E-state index contributed by atoms with van der Waals surface area (Å²) in [5, 5.41) is 0. The Balaban J connectivity index is 1.92. The zero-order chi connectivity index (χ0) is 22.4. The Bertz CT molecular complexity index is 995. The summed E-state index contributed by atoms with van der Waals surface area (Å²) in [7, 11) is 0. The number of ether oxygens (including phenoxy) is 1.